The Hall–Kier alpha value is -1.10. The molecule has 21 heavy (non-hydrogen) atoms. The van der Waals surface area contributed by atoms with Crippen LogP contribution in [0, 0.1) is 18.3 Å². The van der Waals surface area contributed by atoms with Crippen LogP contribution in [0.2, 0.25) is 0 Å². The van der Waals surface area contributed by atoms with E-state index in [9.17, 15) is 0 Å². The number of aromatic nitrogens is 1. The second-order valence-corrected chi connectivity index (χ2v) is 6.51. The fraction of sp³-hybridized carbons (Fsp3) is 0.625. The van der Waals surface area contributed by atoms with E-state index >= 15 is 0 Å². The van der Waals surface area contributed by atoms with Gasteiger partial charge in [0, 0.05) is 19.2 Å². The molecule has 1 aromatic heterocycles. The van der Waals surface area contributed by atoms with Gasteiger partial charge < -0.3 is 9.64 Å². The van der Waals surface area contributed by atoms with Gasteiger partial charge in [0.2, 0.25) is 5.88 Å². The van der Waals surface area contributed by atoms with Crippen LogP contribution in [0.1, 0.15) is 44.9 Å². The van der Waals surface area contributed by atoms with E-state index in [0.29, 0.717) is 24.2 Å². The summed E-state index contributed by atoms with van der Waals surface area (Å²) in [4.78, 5) is 6.38. The summed E-state index contributed by atoms with van der Waals surface area (Å²) < 4.78 is 6.55. The van der Waals surface area contributed by atoms with Crippen LogP contribution in [0.5, 0.6) is 5.88 Å². The van der Waals surface area contributed by atoms with Gasteiger partial charge in [-0.15, -0.1) is 0 Å². The monoisotopic (exact) mass is 355 g/mol. The predicted molar refractivity (Wildman–Crippen MR) is 91.4 cm³/mol. The summed E-state index contributed by atoms with van der Waals surface area (Å²) in [6, 6.07) is 1.93. The fourth-order valence-corrected chi connectivity index (χ4v) is 2.36. The van der Waals surface area contributed by atoms with Crippen molar-refractivity contribution in [3.8, 4) is 5.88 Å². The van der Waals surface area contributed by atoms with Gasteiger partial charge in [-0.2, -0.15) is 0 Å². The molecule has 0 aliphatic carbocycles. The predicted octanol–water partition coefficient (Wildman–Crippen LogP) is 4.24. The van der Waals surface area contributed by atoms with Crippen molar-refractivity contribution < 1.29 is 4.74 Å². The average Bonchev–Trinajstić information content (AvgIpc) is 2.44. The van der Waals surface area contributed by atoms with Crippen molar-refractivity contribution in [1.29, 1.82) is 5.41 Å². The number of hydrogen-bond acceptors (Lipinski definition) is 3. The third-order valence-electron chi connectivity index (χ3n) is 3.41. The zero-order chi connectivity index (χ0) is 16.0. The van der Waals surface area contributed by atoms with E-state index < -0.39 is 0 Å². The number of hydrogen-bond donors (Lipinski definition) is 1. The van der Waals surface area contributed by atoms with Crippen LogP contribution >= 0.6 is 15.9 Å². The van der Waals surface area contributed by atoms with Gasteiger partial charge in [0.1, 0.15) is 5.84 Å². The van der Waals surface area contributed by atoms with Gasteiger partial charge in [-0.3, -0.25) is 5.41 Å². The molecule has 0 radical (unpaired) electrons. The third kappa shape index (κ3) is 5.30. The van der Waals surface area contributed by atoms with E-state index in [-0.39, 0.29) is 0 Å². The molecule has 0 saturated heterocycles. The summed E-state index contributed by atoms with van der Waals surface area (Å²) in [6.07, 6.45) is 2.18. The van der Waals surface area contributed by atoms with Gasteiger partial charge in [0.05, 0.1) is 16.8 Å². The molecule has 0 saturated carbocycles. The largest absolute Gasteiger partial charge is 0.477 e. The lowest BCUT2D eigenvalue weighted by molar-refractivity contribution is 0.285. The standard InChI is InChI=1S/C16H26BrN3O/c1-6-20(5)15(18)13-10-14(17)16(19-12(13)4)21-9-7-8-11(2)3/h10-11,18H,6-9H2,1-5H3. The number of halogens is 1. The Kier molecular flexibility index (Phi) is 7.15. The highest BCUT2D eigenvalue weighted by Crippen LogP contribution is 2.26. The zero-order valence-corrected chi connectivity index (χ0v) is 15.2. The Balaban J connectivity index is 2.78. The molecule has 1 heterocycles. The van der Waals surface area contributed by atoms with E-state index in [1.807, 2.05) is 31.9 Å². The smallest absolute Gasteiger partial charge is 0.228 e. The summed E-state index contributed by atoms with van der Waals surface area (Å²) >= 11 is 3.50. The lowest BCUT2D eigenvalue weighted by atomic mass is 10.1. The minimum absolute atomic E-state index is 0.481. The molecule has 5 heteroatoms. The van der Waals surface area contributed by atoms with Gasteiger partial charge in [-0.1, -0.05) is 13.8 Å². The Bertz CT molecular complexity index is 489. The van der Waals surface area contributed by atoms with Gasteiger partial charge in [-0.25, -0.2) is 4.98 Å². The molecule has 1 rings (SSSR count). The molecular formula is C16H26BrN3O. The number of amidine groups is 1. The van der Waals surface area contributed by atoms with Crippen molar-refractivity contribution in [1.82, 2.24) is 9.88 Å². The Labute approximate surface area is 136 Å². The third-order valence-corrected chi connectivity index (χ3v) is 3.98. The van der Waals surface area contributed by atoms with Crippen molar-refractivity contribution in [2.45, 2.75) is 40.5 Å². The summed E-state index contributed by atoms with van der Waals surface area (Å²) in [5.74, 6) is 1.79. The quantitative estimate of drug-likeness (QED) is 0.452. The van der Waals surface area contributed by atoms with Gasteiger partial charge in [0.15, 0.2) is 0 Å². The molecule has 1 aromatic rings. The normalized spacial score (nSPS) is 10.8. The molecule has 0 fully saturated rings. The maximum absolute atomic E-state index is 8.18. The summed E-state index contributed by atoms with van der Waals surface area (Å²) in [5, 5.41) is 8.18. The SMILES string of the molecule is CCN(C)C(=N)c1cc(Br)c(OCCCC(C)C)nc1C. The first-order chi connectivity index (χ1) is 9.86. The molecule has 118 valence electrons. The minimum atomic E-state index is 0.481. The molecule has 0 atom stereocenters. The van der Waals surface area contributed by atoms with Crippen molar-refractivity contribution in [3.63, 3.8) is 0 Å². The second kappa shape index (κ2) is 8.37. The minimum Gasteiger partial charge on any atom is -0.477 e. The van der Waals surface area contributed by atoms with Crippen molar-refractivity contribution in [2.24, 2.45) is 5.92 Å². The number of aryl methyl sites for hydroxylation is 1. The van der Waals surface area contributed by atoms with Crippen LogP contribution < -0.4 is 4.74 Å². The molecule has 0 unspecified atom stereocenters. The summed E-state index contributed by atoms with van der Waals surface area (Å²) in [6.45, 7) is 9.84. The van der Waals surface area contributed by atoms with Crippen LogP contribution in [0.25, 0.3) is 0 Å². The van der Waals surface area contributed by atoms with E-state index in [2.05, 4.69) is 34.8 Å². The molecule has 1 N–H and O–H groups in total. The number of pyridine rings is 1. The number of nitrogens with zero attached hydrogens (tertiary/aromatic N) is 2. The highest BCUT2D eigenvalue weighted by molar-refractivity contribution is 9.10. The second-order valence-electron chi connectivity index (χ2n) is 5.66. The van der Waals surface area contributed by atoms with Crippen molar-refractivity contribution in [3.05, 3.63) is 21.8 Å². The fourth-order valence-electron chi connectivity index (χ4n) is 1.92. The van der Waals surface area contributed by atoms with Gasteiger partial charge in [-0.05, 0) is 54.6 Å². The lowest BCUT2D eigenvalue weighted by Gasteiger charge is -2.19. The molecule has 0 aliphatic rings. The van der Waals surface area contributed by atoms with Crippen LogP contribution in [0.15, 0.2) is 10.5 Å². The highest BCUT2D eigenvalue weighted by Gasteiger charge is 2.14. The summed E-state index contributed by atoms with van der Waals surface area (Å²) in [7, 11) is 1.91. The van der Waals surface area contributed by atoms with Crippen LogP contribution in [0.4, 0.5) is 0 Å². The Morgan fingerprint density at radius 1 is 1.48 bits per heavy atom. The number of rotatable bonds is 7. The summed E-state index contributed by atoms with van der Waals surface area (Å²) in [5.41, 5.74) is 1.66. The van der Waals surface area contributed by atoms with E-state index in [4.69, 9.17) is 10.1 Å². The molecule has 0 spiro atoms. The zero-order valence-electron chi connectivity index (χ0n) is 13.7. The molecular weight excluding hydrogens is 330 g/mol. The Morgan fingerprint density at radius 2 is 2.14 bits per heavy atom. The first-order valence-corrected chi connectivity index (χ1v) is 8.26. The van der Waals surface area contributed by atoms with Crippen LogP contribution in [-0.2, 0) is 0 Å². The van der Waals surface area contributed by atoms with Gasteiger partial charge >= 0.3 is 0 Å². The maximum atomic E-state index is 8.18. The molecule has 0 aliphatic heterocycles. The number of ether oxygens (including phenoxy) is 1. The topological polar surface area (TPSA) is 49.2 Å². The van der Waals surface area contributed by atoms with Crippen LogP contribution in [0.3, 0.4) is 0 Å². The van der Waals surface area contributed by atoms with Gasteiger partial charge in [0.25, 0.3) is 0 Å². The highest BCUT2D eigenvalue weighted by atomic mass is 79.9. The number of nitrogens with one attached hydrogen (secondary N) is 1. The van der Waals surface area contributed by atoms with E-state index in [0.717, 1.165) is 35.1 Å². The molecule has 0 aromatic carbocycles. The molecule has 4 nitrogen and oxygen atoms in total. The molecule has 0 bridgehead atoms. The van der Waals surface area contributed by atoms with Crippen LogP contribution in [-0.4, -0.2) is 35.9 Å². The first-order valence-electron chi connectivity index (χ1n) is 7.46. The van der Waals surface area contributed by atoms with Crippen molar-refractivity contribution >= 4 is 21.8 Å². The first kappa shape index (κ1) is 18.0. The maximum Gasteiger partial charge on any atom is 0.228 e. The average molecular weight is 356 g/mol. The Morgan fingerprint density at radius 3 is 2.71 bits per heavy atom. The van der Waals surface area contributed by atoms with E-state index in [1.165, 1.54) is 0 Å². The lowest BCUT2D eigenvalue weighted by Crippen LogP contribution is -2.27. The van der Waals surface area contributed by atoms with E-state index in [1.54, 1.807) is 0 Å². The molecule has 0 amide bonds. The van der Waals surface area contributed by atoms with Crippen molar-refractivity contribution in [2.75, 3.05) is 20.2 Å².